The molecule has 0 radical (unpaired) electrons. The molecule has 2 fully saturated rings. The van der Waals surface area contributed by atoms with Gasteiger partial charge in [-0.05, 0) is 119 Å². The Balaban J connectivity index is 1.31. The van der Waals surface area contributed by atoms with Crippen LogP contribution in [0, 0.1) is 11.3 Å². The van der Waals surface area contributed by atoms with Gasteiger partial charge < -0.3 is 15.0 Å². The number of nitrogens with zero attached hydrogens (tertiary/aromatic N) is 3. The number of aliphatic imine (C=N–C) groups is 1. The predicted molar refractivity (Wildman–Crippen MR) is 168 cm³/mol. The van der Waals surface area contributed by atoms with Crippen molar-refractivity contribution in [2.45, 2.75) is 88.3 Å². The van der Waals surface area contributed by atoms with E-state index in [1.165, 1.54) is 66.4 Å². The highest BCUT2D eigenvalue weighted by Gasteiger charge is 2.65. The van der Waals surface area contributed by atoms with Gasteiger partial charge in [0.25, 0.3) is 0 Å². The molecular weight excluding hydrogens is 504 g/mol. The largest absolute Gasteiger partial charge is 0.384 e. The Bertz CT molecular complexity index is 1430. The number of H-pyrrole nitrogens is 1. The van der Waals surface area contributed by atoms with Crippen molar-refractivity contribution in [2.24, 2.45) is 16.3 Å². The van der Waals surface area contributed by atoms with E-state index < -0.39 is 5.60 Å². The molecule has 216 valence electrons. The van der Waals surface area contributed by atoms with Crippen LogP contribution >= 0.6 is 0 Å². The standard InChI is InChI=1S/C36H46N4O/c41-36-18-10-4-1-2-5-11-20-39-22-17-30(35(25-39)23-26-13-7-3-6-12-21-40(26)34(35)36)29(24-36)32-33-28(16-19-37-32)27-14-8-9-15-31(27)38-33/h1,4,7-9,13-15,24,26,30,34,38,41H,2-3,5-6,10-12,16-23,25H2/b4-1-,13-7-/t26-,30-,34+,35-,36-/m0/s1. The van der Waals surface area contributed by atoms with Crippen LogP contribution in [0.25, 0.3) is 10.9 Å². The van der Waals surface area contributed by atoms with E-state index >= 15 is 0 Å². The Kier molecular flexibility index (Phi) is 6.61. The molecule has 0 amide bonds. The second-order valence-electron chi connectivity index (χ2n) is 13.8. The van der Waals surface area contributed by atoms with E-state index in [0.717, 1.165) is 70.4 Å². The maximum Gasteiger partial charge on any atom is 0.0998 e. The number of benzene rings is 1. The minimum Gasteiger partial charge on any atom is -0.384 e. The fourth-order valence-electron chi connectivity index (χ4n) is 9.85. The van der Waals surface area contributed by atoms with Gasteiger partial charge in [0.15, 0.2) is 0 Å². The lowest BCUT2D eigenvalue weighted by Crippen LogP contribution is -2.66. The van der Waals surface area contributed by atoms with E-state index in [9.17, 15) is 5.11 Å². The number of allylic oxidation sites excluding steroid dienone is 4. The molecule has 1 aromatic carbocycles. The van der Waals surface area contributed by atoms with Crippen molar-refractivity contribution in [2.75, 3.05) is 32.7 Å². The number of rotatable bonds is 1. The first-order chi connectivity index (χ1) is 20.2. The second kappa shape index (κ2) is 10.4. The van der Waals surface area contributed by atoms with Crippen LogP contribution in [0.5, 0.6) is 0 Å². The molecule has 1 spiro atoms. The summed E-state index contributed by atoms with van der Waals surface area (Å²) < 4.78 is 0. The minimum atomic E-state index is -0.874. The van der Waals surface area contributed by atoms with Crippen LogP contribution in [0.4, 0.5) is 0 Å². The van der Waals surface area contributed by atoms with Gasteiger partial charge in [-0.15, -0.1) is 0 Å². The second-order valence-corrected chi connectivity index (χ2v) is 13.8. The number of hydrogen-bond donors (Lipinski definition) is 2. The van der Waals surface area contributed by atoms with Gasteiger partial charge in [0.2, 0.25) is 0 Å². The van der Waals surface area contributed by atoms with Crippen molar-refractivity contribution >= 4 is 16.6 Å². The number of hydrogen-bond acceptors (Lipinski definition) is 4. The summed E-state index contributed by atoms with van der Waals surface area (Å²) in [7, 11) is 0. The highest BCUT2D eigenvalue weighted by molar-refractivity contribution is 6.16. The molecule has 2 saturated heterocycles. The first-order valence-corrected chi connectivity index (χ1v) is 16.6. The molecule has 1 aromatic heterocycles. The molecule has 1 unspecified atom stereocenters. The zero-order valence-electron chi connectivity index (χ0n) is 24.5. The lowest BCUT2D eigenvalue weighted by molar-refractivity contribution is -0.0948. The normalized spacial score (nSPS) is 39.0. The van der Waals surface area contributed by atoms with Gasteiger partial charge in [0, 0.05) is 35.4 Å². The molecule has 8 rings (SSSR count). The van der Waals surface area contributed by atoms with Crippen LogP contribution in [0.3, 0.4) is 0 Å². The smallest absolute Gasteiger partial charge is 0.0998 e. The van der Waals surface area contributed by atoms with E-state index in [0.29, 0.717) is 12.0 Å². The Morgan fingerprint density at radius 2 is 1.80 bits per heavy atom. The SMILES string of the molecule is O[C@]12C=C(C3=NCCc4c3[nH]c3ccccc43)[C@@H]3CCN(CCCC/C=C\CC1)C[C@@]31C[C@@H]3/C=C\CCCCN3[C@H]12. The lowest BCUT2D eigenvalue weighted by atomic mass is 9.54. The van der Waals surface area contributed by atoms with Crippen molar-refractivity contribution in [1.29, 1.82) is 0 Å². The number of aromatic amines is 1. The van der Waals surface area contributed by atoms with Gasteiger partial charge in [0.1, 0.15) is 0 Å². The molecule has 2 aromatic rings. The van der Waals surface area contributed by atoms with Gasteiger partial charge in [-0.1, -0.05) is 42.5 Å². The van der Waals surface area contributed by atoms with Gasteiger partial charge in [-0.25, -0.2) is 0 Å². The highest BCUT2D eigenvalue weighted by atomic mass is 16.3. The monoisotopic (exact) mass is 550 g/mol. The Labute approximate surface area is 245 Å². The summed E-state index contributed by atoms with van der Waals surface area (Å²) in [6.07, 6.45) is 24.4. The van der Waals surface area contributed by atoms with E-state index in [4.69, 9.17) is 4.99 Å². The topological polar surface area (TPSA) is 54.9 Å². The molecule has 5 heteroatoms. The summed E-state index contributed by atoms with van der Waals surface area (Å²) in [5.41, 5.74) is 5.48. The minimum absolute atomic E-state index is 0.0281. The van der Waals surface area contributed by atoms with Crippen molar-refractivity contribution in [3.8, 4) is 0 Å². The molecule has 6 atom stereocenters. The Hall–Kier alpha value is -2.47. The van der Waals surface area contributed by atoms with Gasteiger partial charge >= 0.3 is 0 Å². The summed E-state index contributed by atoms with van der Waals surface area (Å²) in [4.78, 5) is 14.6. The summed E-state index contributed by atoms with van der Waals surface area (Å²) in [5, 5.41) is 14.4. The average Bonchev–Trinajstić information content (AvgIpc) is 3.49. The molecule has 5 aliphatic heterocycles. The fourth-order valence-corrected chi connectivity index (χ4v) is 9.85. The molecular formula is C36H46N4O. The lowest BCUT2D eigenvalue weighted by Gasteiger charge is -2.58. The number of aliphatic hydroxyl groups is 1. The first kappa shape index (κ1) is 26.2. The molecule has 3 bridgehead atoms. The van der Waals surface area contributed by atoms with Gasteiger partial charge in [0.05, 0.1) is 23.0 Å². The molecule has 2 N–H and O–H groups in total. The molecule has 41 heavy (non-hydrogen) atoms. The summed E-state index contributed by atoms with van der Waals surface area (Å²) >= 11 is 0. The fraction of sp³-hybridized carbons (Fsp3) is 0.583. The highest BCUT2D eigenvalue weighted by Crippen LogP contribution is 2.60. The van der Waals surface area contributed by atoms with E-state index in [-0.39, 0.29) is 11.5 Å². The van der Waals surface area contributed by atoms with Crippen LogP contribution in [0.15, 0.2) is 65.2 Å². The van der Waals surface area contributed by atoms with E-state index in [1.807, 2.05) is 0 Å². The number of aromatic nitrogens is 1. The van der Waals surface area contributed by atoms with E-state index in [2.05, 4.69) is 69.4 Å². The average molecular weight is 551 g/mol. The van der Waals surface area contributed by atoms with Crippen molar-refractivity contribution in [1.82, 2.24) is 14.8 Å². The van der Waals surface area contributed by atoms with Crippen molar-refractivity contribution in [3.63, 3.8) is 0 Å². The van der Waals surface area contributed by atoms with Crippen LogP contribution in [0.2, 0.25) is 0 Å². The summed E-state index contributed by atoms with van der Waals surface area (Å²) in [6.45, 7) is 5.36. The predicted octanol–water partition coefficient (Wildman–Crippen LogP) is 6.20. The summed E-state index contributed by atoms with van der Waals surface area (Å²) in [5.74, 6) is 0.419. The van der Waals surface area contributed by atoms with Gasteiger partial charge in [-0.3, -0.25) is 9.89 Å². The Morgan fingerprint density at radius 3 is 2.76 bits per heavy atom. The van der Waals surface area contributed by atoms with Crippen LogP contribution in [-0.2, 0) is 6.42 Å². The van der Waals surface area contributed by atoms with Crippen LogP contribution in [-0.4, -0.2) is 76.0 Å². The molecule has 5 nitrogen and oxygen atoms in total. The maximum absolute atomic E-state index is 13.1. The molecule has 1 aliphatic carbocycles. The Morgan fingerprint density at radius 1 is 0.951 bits per heavy atom. The molecule has 6 heterocycles. The van der Waals surface area contributed by atoms with Crippen molar-refractivity contribution in [3.05, 3.63) is 71.5 Å². The zero-order valence-corrected chi connectivity index (χ0v) is 24.5. The van der Waals surface area contributed by atoms with E-state index in [1.54, 1.807) is 0 Å². The number of piperidine rings is 1. The van der Waals surface area contributed by atoms with Crippen LogP contribution < -0.4 is 0 Å². The third kappa shape index (κ3) is 4.25. The molecule has 0 saturated carbocycles. The molecule has 6 aliphatic rings. The van der Waals surface area contributed by atoms with Crippen molar-refractivity contribution < 1.29 is 5.11 Å². The van der Waals surface area contributed by atoms with Crippen LogP contribution in [0.1, 0.15) is 75.5 Å². The number of nitrogens with one attached hydrogen (secondary N) is 1. The quantitative estimate of drug-likeness (QED) is 0.416. The number of para-hydroxylation sites is 1. The zero-order chi connectivity index (χ0) is 27.4. The number of fused-ring (bicyclic) bond motifs is 5. The first-order valence-electron chi connectivity index (χ1n) is 16.6. The summed E-state index contributed by atoms with van der Waals surface area (Å²) in [6, 6.07) is 9.32. The third-order valence-electron chi connectivity index (χ3n) is 11.4. The van der Waals surface area contributed by atoms with Gasteiger partial charge in [-0.2, -0.15) is 0 Å². The maximum atomic E-state index is 13.1. The third-order valence-corrected chi connectivity index (χ3v) is 11.4.